The van der Waals surface area contributed by atoms with Gasteiger partial charge in [0.25, 0.3) is 0 Å². The van der Waals surface area contributed by atoms with Crippen molar-refractivity contribution in [3.8, 4) is 11.5 Å². The fourth-order valence-electron chi connectivity index (χ4n) is 1.47. The van der Waals surface area contributed by atoms with Crippen LogP contribution in [0.4, 0.5) is 0 Å². The van der Waals surface area contributed by atoms with Crippen molar-refractivity contribution >= 4 is 12.4 Å². The molecule has 0 aliphatic heterocycles. The molecule has 2 rings (SSSR count). The van der Waals surface area contributed by atoms with Gasteiger partial charge in [-0.25, -0.2) is 0 Å². The molecule has 0 heterocycles. The van der Waals surface area contributed by atoms with Crippen molar-refractivity contribution in [1.29, 1.82) is 0 Å². The van der Waals surface area contributed by atoms with Crippen LogP contribution in [0.2, 0.25) is 0 Å². The second-order valence-electron chi connectivity index (χ2n) is 3.83. The molecule has 0 aliphatic carbocycles. The Morgan fingerprint density at radius 1 is 0.900 bits per heavy atom. The number of nitrogens with two attached hydrogens (primary N) is 1. The maximum atomic E-state index is 5.69. The SMILES string of the molecule is CCN.COc1ccccc1OCc1ccccc1.Cl. The Hall–Kier alpha value is -1.71. The van der Waals surface area contributed by atoms with Crippen molar-refractivity contribution < 1.29 is 9.47 Å². The van der Waals surface area contributed by atoms with Crippen LogP contribution in [-0.4, -0.2) is 13.7 Å². The molecule has 0 amide bonds. The molecule has 0 unspecified atom stereocenters. The van der Waals surface area contributed by atoms with Crippen molar-refractivity contribution in [2.24, 2.45) is 5.73 Å². The summed E-state index contributed by atoms with van der Waals surface area (Å²) in [5, 5.41) is 0. The summed E-state index contributed by atoms with van der Waals surface area (Å²) in [7, 11) is 1.64. The third-order valence-electron chi connectivity index (χ3n) is 2.31. The number of benzene rings is 2. The average Bonchev–Trinajstić information content (AvgIpc) is 2.47. The lowest BCUT2D eigenvalue weighted by molar-refractivity contribution is 0.284. The van der Waals surface area contributed by atoms with Crippen molar-refractivity contribution in [2.45, 2.75) is 13.5 Å². The normalized spacial score (nSPS) is 8.75. The minimum atomic E-state index is 0. The Labute approximate surface area is 127 Å². The average molecular weight is 296 g/mol. The van der Waals surface area contributed by atoms with Crippen LogP contribution in [0.1, 0.15) is 12.5 Å². The second kappa shape index (κ2) is 11.1. The molecule has 0 saturated heterocycles. The summed E-state index contributed by atoms with van der Waals surface area (Å²) in [4.78, 5) is 0. The van der Waals surface area contributed by atoms with Gasteiger partial charge in [0.05, 0.1) is 7.11 Å². The predicted octanol–water partition coefficient (Wildman–Crippen LogP) is 3.66. The van der Waals surface area contributed by atoms with Crippen molar-refractivity contribution in [1.82, 2.24) is 0 Å². The van der Waals surface area contributed by atoms with E-state index in [1.165, 1.54) is 0 Å². The Morgan fingerprint density at radius 3 is 1.95 bits per heavy atom. The van der Waals surface area contributed by atoms with Crippen LogP contribution in [0.5, 0.6) is 11.5 Å². The van der Waals surface area contributed by atoms with E-state index in [2.05, 4.69) is 0 Å². The highest BCUT2D eigenvalue weighted by Crippen LogP contribution is 2.26. The van der Waals surface area contributed by atoms with Gasteiger partial charge in [0, 0.05) is 0 Å². The molecule has 2 N–H and O–H groups in total. The van der Waals surface area contributed by atoms with Gasteiger partial charge < -0.3 is 15.2 Å². The van der Waals surface area contributed by atoms with Crippen LogP contribution in [0, 0.1) is 0 Å². The molecule has 0 aliphatic rings. The molecule has 4 heteroatoms. The fraction of sp³-hybridized carbons (Fsp3) is 0.250. The first-order valence-electron chi connectivity index (χ1n) is 6.31. The van der Waals surface area contributed by atoms with E-state index in [9.17, 15) is 0 Å². The van der Waals surface area contributed by atoms with Gasteiger partial charge in [0.15, 0.2) is 11.5 Å². The van der Waals surface area contributed by atoms with Gasteiger partial charge in [-0.15, -0.1) is 12.4 Å². The van der Waals surface area contributed by atoms with Gasteiger partial charge in [-0.1, -0.05) is 49.4 Å². The minimum absolute atomic E-state index is 0. The third kappa shape index (κ3) is 6.45. The number of hydrogen-bond acceptors (Lipinski definition) is 3. The number of methoxy groups -OCH3 is 1. The van der Waals surface area contributed by atoms with E-state index in [-0.39, 0.29) is 12.4 Å². The third-order valence-corrected chi connectivity index (χ3v) is 2.31. The lowest BCUT2D eigenvalue weighted by atomic mass is 10.2. The standard InChI is InChI=1S/C14H14O2.C2H7N.ClH/c1-15-13-9-5-6-10-14(13)16-11-12-7-3-2-4-8-12;1-2-3;/h2-10H,11H2,1H3;2-3H2,1H3;1H. The molecular weight excluding hydrogens is 274 g/mol. The lowest BCUT2D eigenvalue weighted by Crippen LogP contribution is -1.96. The molecule has 0 aromatic heterocycles. The number of hydrogen-bond donors (Lipinski definition) is 1. The molecule has 2 aromatic rings. The van der Waals surface area contributed by atoms with E-state index in [1.807, 2.05) is 61.5 Å². The van der Waals surface area contributed by atoms with E-state index in [4.69, 9.17) is 15.2 Å². The zero-order valence-corrected chi connectivity index (χ0v) is 12.7. The Bertz CT molecular complexity index is 463. The maximum Gasteiger partial charge on any atom is 0.161 e. The van der Waals surface area contributed by atoms with E-state index in [1.54, 1.807) is 7.11 Å². The summed E-state index contributed by atoms with van der Waals surface area (Å²) in [6, 6.07) is 17.7. The van der Waals surface area contributed by atoms with Crippen LogP contribution < -0.4 is 15.2 Å². The smallest absolute Gasteiger partial charge is 0.161 e. The van der Waals surface area contributed by atoms with Crippen molar-refractivity contribution in [3.63, 3.8) is 0 Å². The summed E-state index contributed by atoms with van der Waals surface area (Å²) in [5.41, 5.74) is 5.99. The van der Waals surface area contributed by atoms with Crippen LogP contribution in [0.25, 0.3) is 0 Å². The molecule has 0 spiro atoms. The number of ether oxygens (including phenoxy) is 2. The topological polar surface area (TPSA) is 44.5 Å². The molecule has 0 atom stereocenters. The van der Waals surface area contributed by atoms with Crippen molar-refractivity contribution in [3.05, 3.63) is 60.2 Å². The van der Waals surface area contributed by atoms with Gasteiger partial charge in [0.2, 0.25) is 0 Å². The van der Waals surface area contributed by atoms with E-state index in [0.29, 0.717) is 6.61 Å². The highest BCUT2D eigenvalue weighted by Gasteiger charge is 2.02. The zero-order valence-electron chi connectivity index (χ0n) is 11.9. The van der Waals surface area contributed by atoms with Gasteiger partial charge >= 0.3 is 0 Å². The lowest BCUT2D eigenvalue weighted by Gasteiger charge is -2.09. The Morgan fingerprint density at radius 2 is 1.40 bits per heavy atom. The second-order valence-corrected chi connectivity index (χ2v) is 3.83. The molecule has 20 heavy (non-hydrogen) atoms. The molecule has 0 radical (unpaired) electrons. The number of rotatable bonds is 4. The van der Waals surface area contributed by atoms with Gasteiger partial charge in [-0.3, -0.25) is 0 Å². The number of para-hydroxylation sites is 2. The largest absolute Gasteiger partial charge is 0.493 e. The first kappa shape index (κ1) is 18.3. The molecule has 3 nitrogen and oxygen atoms in total. The molecule has 0 fully saturated rings. The summed E-state index contributed by atoms with van der Waals surface area (Å²) < 4.78 is 10.9. The van der Waals surface area contributed by atoms with Crippen molar-refractivity contribution in [2.75, 3.05) is 13.7 Å². The zero-order chi connectivity index (χ0) is 13.9. The first-order valence-corrected chi connectivity index (χ1v) is 6.31. The van der Waals surface area contributed by atoms with E-state index >= 15 is 0 Å². The molecular formula is C16H22ClNO2. The monoisotopic (exact) mass is 295 g/mol. The molecule has 0 bridgehead atoms. The summed E-state index contributed by atoms with van der Waals surface area (Å²) >= 11 is 0. The molecule has 0 saturated carbocycles. The highest BCUT2D eigenvalue weighted by atomic mass is 35.5. The number of halogens is 1. The van der Waals surface area contributed by atoms with E-state index < -0.39 is 0 Å². The predicted molar refractivity (Wildman–Crippen MR) is 85.7 cm³/mol. The summed E-state index contributed by atoms with van der Waals surface area (Å²) in [6.45, 7) is 3.21. The summed E-state index contributed by atoms with van der Waals surface area (Å²) in [5.74, 6) is 1.53. The minimum Gasteiger partial charge on any atom is -0.493 e. The summed E-state index contributed by atoms with van der Waals surface area (Å²) in [6.07, 6.45) is 0. The molecule has 2 aromatic carbocycles. The van der Waals surface area contributed by atoms with E-state index in [0.717, 1.165) is 23.6 Å². The first-order chi connectivity index (χ1) is 9.31. The van der Waals surface area contributed by atoms with Crippen LogP contribution in [0.15, 0.2) is 54.6 Å². The van der Waals surface area contributed by atoms with Gasteiger partial charge in [0.1, 0.15) is 6.61 Å². The van der Waals surface area contributed by atoms with Crippen LogP contribution in [-0.2, 0) is 6.61 Å². The van der Waals surface area contributed by atoms with Crippen LogP contribution in [0.3, 0.4) is 0 Å². The highest BCUT2D eigenvalue weighted by molar-refractivity contribution is 5.85. The fourth-order valence-corrected chi connectivity index (χ4v) is 1.47. The van der Waals surface area contributed by atoms with Crippen LogP contribution >= 0.6 is 12.4 Å². The Kier molecular flexibility index (Phi) is 10.2. The quantitative estimate of drug-likeness (QED) is 0.936. The van der Waals surface area contributed by atoms with Gasteiger partial charge in [-0.05, 0) is 24.2 Å². The maximum absolute atomic E-state index is 5.69. The van der Waals surface area contributed by atoms with Gasteiger partial charge in [-0.2, -0.15) is 0 Å². The Balaban J connectivity index is 0.000000830. The molecule has 110 valence electrons.